The van der Waals surface area contributed by atoms with Gasteiger partial charge in [-0.15, -0.1) is 0 Å². The zero-order chi connectivity index (χ0) is 21.6. The fraction of sp³-hybridized carbons (Fsp3) is 0.650. The number of carbonyl (C=O) groups is 1. The van der Waals surface area contributed by atoms with Gasteiger partial charge in [-0.3, -0.25) is 10.0 Å². The maximum Gasteiger partial charge on any atom is 0.266 e. The summed E-state index contributed by atoms with van der Waals surface area (Å²) in [5, 5.41) is 9.19. The van der Waals surface area contributed by atoms with Gasteiger partial charge in [-0.05, 0) is 55.0 Å². The summed E-state index contributed by atoms with van der Waals surface area (Å²) in [7, 11) is -3.88. The highest BCUT2D eigenvalue weighted by molar-refractivity contribution is 7.99. The van der Waals surface area contributed by atoms with E-state index in [1.54, 1.807) is 17.2 Å². The first kappa shape index (κ1) is 23.2. The molecule has 2 aliphatic heterocycles. The zero-order valence-corrected chi connectivity index (χ0v) is 19.0. The van der Waals surface area contributed by atoms with Crippen molar-refractivity contribution < 1.29 is 23.2 Å². The summed E-state index contributed by atoms with van der Waals surface area (Å²) in [5.74, 6) is 1.18. The van der Waals surface area contributed by atoms with Gasteiger partial charge in [0.2, 0.25) is 10.0 Å². The highest BCUT2D eigenvalue weighted by Gasteiger charge is 2.54. The van der Waals surface area contributed by atoms with Crippen LogP contribution in [0.1, 0.15) is 32.6 Å². The van der Waals surface area contributed by atoms with Crippen LogP contribution in [-0.2, 0) is 14.8 Å². The van der Waals surface area contributed by atoms with Gasteiger partial charge in [-0.1, -0.05) is 13.3 Å². The van der Waals surface area contributed by atoms with E-state index < -0.39 is 20.7 Å². The van der Waals surface area contributed by atoms with Crippen LogP contribution in [0, 0.1) is 0 Å². The van der Waals surface area contributed by atoms with Gasteiger partial charge >= 0.3 is 0 Å². The molecule has 0 bridgehead atoms. The molecule has 10 heteroatoms. The molecule has 168 valence electrons. The van der Waals surface area contributed by atoms with Crippen LogP contribution >= 0.6 is 11.8 Å². The van der Waals surface area contributed by atoms with E-state index in [1.165, 1.54) is 4.31 Å². The van der Waals surface area contributed by atoms with Crippen LogP contribution in [0.25, 0.3) is 0 Å². The minimum absolute atomic E-state index is 0.214. The predicted octanol–water partition coefficient (Wildman–Crippen LogP) is 2.09. The molecule has 8 nitrogen and oxygen atoms in total. The number of hydrogen-bond acceptors (Lipinski definition) is 7. The number of sulfonamides is 1. The van der Waals surface area contributed by atoms with E-state index in [0.717, 1.165) is 24.3 Å². The van der Waals surface area contributed by atoms with Crippen LogP contribution in [0.4, 0.5) is 5.69 Å². The summed E-state index contributed by atoms with van der Waals surface area (Å²) in [6.07, 6.45) is 2.54. The molecule has 0 spiro atoms. The molecule has 2 saturated heterocycles. The zero-order valence-electron chi connectivity index (χ0n) is 17.4. The lowest BCUT2D eigenvalue weighted by molar-refractivity contribution is -0.132. The minimum atomic E-state index is -3.88. The molecule has 2 heterocycles. The van der Waals surface area contributed by atoms with Crippen LogP contribution in [-0.4, -0.2) is 72.9 Å². The molecule has 0 radical (unpaired) electrons. The number of amides is 1. The number of carbonyl (C=O) groups excluding carboxylic acids is 1. The van der Waals surface area contributed by atoms with Crippen LogP contribution < -0.4 is 15.1 Å². The first-order valence-corrected chi connectivity index (χ1v) is 13.0. The molecular formula is C20H31N3O5S2. The molecule has 0 aromatic heterocycles. The third-order valence-electron chi connectivity index (χ3n) is 5.86. The van der Waals surface area contributed by atoms with Gasteiger partial charge < -0.3 is 9.64 Å². The number of piperazine rings is 1. The maximum atomic E-state index is 13.4. The Kier molecular flexibility index (Phi) is 7.89. The minimum Gasteiger partial charge on any atom is -0.494 e. The molecule has 2 fully saturated rings. The van der Waals surface area contributed by atoms with Crippen LogP contribution in [0.5, 0.6) is 5.75 Å². The van der Waals surface area contributed by atoms with Crippen LogP contribution in [0.15, 0.2) is 24.3 Å². The number of benzene rings is 1. The number of unbranched alkanes of at least 4 members (excludes halogenated alkanes) is 1. The second-order valence-electron chi connectivity index (χ2n) is 7.63. The predicted molar refractivity (Wildman–Crippen MR) is 119 cm³/mol. The number of thioether (sulfide) groups is 1. The van der Waals surface area contributed by atoms with E-state index in [4.69, 9.17) is 4.74 Å². The van der Waals surface area contributed by atoms with E-state index in [-0.39, 0.29) is 12.8 Å². The van der Waals surface area contributed by atoms with Gasteiger partial charge in [0.15, 0.2) is 4.75 Å². The normalized spacial score (nSPS) is 20.0. The van der Waals surface area contributed by atoms with Crippen molar-refractivity contribution in [1.29, 1.82) is 0 Å². The molecule has 2 aliphatic rings. The van der Waals surface area contributed by atoms with E-state index in [9.17, 15) is 18.4 Å². The summed E-state index contributed by atoms with van der Waals surface area (Å²) in [6.45, 7) is 4.53. The van der Waals surface area contributed by atoms with Crippen molar-refractivity contribution in [3.05, 3.63) is 24.3 Å². The average Bonchev–Trinajstić information content (AvgIpc) is 2.79. The van der Waals surface area contributed by atoms with E-state index >= 15 is 0 Å². The molecule has 2 N–H and O–H groups in total. The topological polar surface area (TPSA) is 99.2 Å². The van der Waals surface area contributed by atoms with E-state index in [0.29, 0.717) is 44.3 Å². The quantitative estimate of drug-likeness (QED) is 0.350. The molecule has 3 rings (SSSR count). The number of nitrogens with zero attached hydrogens (tertiary/aromatic N) is 2. The molecule has 0 aliphatic carbocycles. The lowest BCUT2D eigenvalue weighted by atomic mass is 10.0. The lowest BCUT2D eigenvalue weighted by Crippen LogP contribution is -2.61. The van der Waals surface area contributed by atoms with E-state index in [2.05, 4.69) is 11.8 Å². The van der Waals surface area contributed by atoms with E-state index in [1.807, 2.05) is 24.3 Å². The van der Waals surface area contributed by atoms with Gasteiger partial charge in [0, 0.05) is 31.9 Å². The summed E-state index contributed by atoms with van der Waals surface area (Å²) in [5.41, 5.74) is 2.62. The summed E-state index contributed by atoms with van der Waals surface area (Å²) in [6, 6.07) is 7.86. The molecular weight excluding hydrogens is 426 g/mol. The summed E-state index contributed by atoms with van der Waals surface area (Å²) >= 11 is 1.63. The molecule has 0 unspecified atom stereocenters. The summed E-state index contributed by atoms with van der Waals surface area (Å²) < 4.78 is 32.3. The highest BCUT2D eigenvalue weighted by Crippen LogP contribution is 2.37. The number of rotatable bonds is 8. The Morgan fingerprint density at radius 3 is 2.37 bits per heavy atom. The van der Waals surface area contributed by atoms with Crippen molar-refractivity contribution >= 4 is 33.4 Å². The Morgan fingerprint density at radius 2 is 1.80 bits per heavy atom. The maximum absolute atomic E-state index is 13.4. The first-order valence-electron chi connectivity index (χ1n) is 10.4. The van der Waals surface area contributed by atoms with Gasteiger partial charge in [-0.25, -0.2) is 13.9 Å². The van der Waals surface area contributed by atoms with Crippen molar-refractivity contribution in [2.45, 2.75) is 37.4 Å². The van der Waals surface area contributed by atoms with Crippen molar-refractivity contribution in [1.82, 2.24) is 9.79 Å². The SMILES string of the molecule is CCCCOc1ccc(N2CCN(S(=O)(=O)C3(C(=O)NO)CCSCC3)CC2)cc1. The Morgan fingerprint density at radius 1 is 1.17 bits per heavy atom. The van der Waals surface area contributed by atoms with Crippen molar-refractivity contribution in [2.24, 2.45) is 0 Å². The average molecular weight is 458 g/mol. The van der Waals surface area contributed by atoms with Gasteiger partial charge in [0.25, 0.3) is 5.91 Å². The van der Waals surface area contributed by atoms with Crippen molar-refractivity contribution in [3.63, 3.8) is 0 Å². The smallest absolute Gasteiger partial charge is 0.266 e. The second kappa shape index (κ2) is 10.2. The van der Waals surface area contributed by atoms with Crippen molar-refractivity contribution in [3.8, 4) is 5.75 Å². The van der Waals surface area contributed by atoms with Crippen molar-refractivity contribution in [2.75, 3.05) is 49.2 Å². The monoisotopic (exact) mass is 457 g/mol. The Labute approximate surface area is 183 Å². The fourth-order valence-electron chi connectivity index (χ4n) is 3.93. The Bertz CT molecular complexity index is 802. The number of hydrogen-bond donors (Lipinski definition) is 2. The molecule has 1 aromatic rings. The molecule has 0 atom stereocenters. The summed E-state index contributed by atoms with van der Waals surface area (Å²) in [4.78, 5) is 14.5. The van der Waals surface area contributed by atoms with Gasteiger partial charge in [-0.2, -0.15) is 16.1 Å². The highest BCUT2D eigenvalue weighted by atomic mass is 32.2. The third kappa shape index (κ3) is 4.71. The number of nitrogens with one attached hydrogen (secondary N) is 1. The molecule has 1 amide bonds. The number of anilines is 1. The van der Waals surface area contributed by atoms with Gasteiger partial charge in [0.1, 0.15) is 5.75 Å². The Balaban J connectivity index is 1.64. The van der Waals surface area contributed by atoms with Gasteiger partial charge in [0.05, 0.1) is 6.61 Å². The number of hydroxylamine groups is 1. The molecule has 1 aromatic carbocycles. The van der Waals surface area contributed by atoms with Crippen LogP contribution in [0.2, 0.25) is 0 Å². The third-order valence-corrected chi connectivity index (χ3v) is 9.47. The molecule has 0 saturated carbocycles. The first-order chi connectivity index (χ1) is 14.4. The number of ether oxygens (including phenoxy) is 1. The van der Waals surface area contributed by atoms with Crippen LogP contribution in [0.3, 0.4) is 0 Å². The second-order valence-corrected chi connectivity index (χ2v) is 11.1. The fourth-order valence-corrected chi connectivity index (χ4v) is 7.51. The molecule has 30 heavy (non-hydrogen) atoms. The Hall–Kier alpha value is -1.49. The largest absolute Gasteiger partial charge is 0.494 e. The lowest BCUT2D eigenvalue weighted by Gasteiger charge is -2.42. The standard InChI is InChI=1S/C20H31N3O5S2/c1-2-3-14-28-18-6-4-17(5-7-18)22-10-12-23(13-11-22)30(26,27)20(19(24)21-25)8-15-29-16-9-20/h4-7,25H,2-3,8-16H2,1H3,(H,21,24).